The van der Waals surface area contributed by atoms with Gasteiger partial charge in [0.1, 0.15) is 29.1 Å². The van der Waals surface area contributed by atoms with Crippen molar-refractivity contribution < 1.29 is 32.5 Å². The van der Waals surface area contributed by atoms with Crippen LogP contribution in [0.2, 0.25) is 0 Å². The van der Waals surface area contributed by atoms with Gasteiger partial charge in [0.15, 0.2) is 0 Å². The molecule has 2 aromatic carbocycles. The Morgan fingerprint density at radius 2 is 1.97 bits per heavy atom. The van der Waals surface area contributed by atoms with E-state index in [2.05, 4.69) is 17.2 Å². The molecule has 1 aliphatic heterocycles. The molecule has 2 amide bonds. The first-order valence-electron chi connectivity index (χ1n) is 12.2. The first-order valence-corrected chi connectivity index (χ1v) is 13.6. The van der Waals surface area contributed by atoms with Gasteiger partial charge in [-0.3, -0.25) is 0 Å². The van der Waals surface area contributed by atoms with Gasteiger partial charge in [0.05, 0.1) is 20.3 Å². The average Bonchev–Trinajstić information content (AvgIpc) is 2.90. The van der Waals surface area contributed by atoms with Gasteiger partial charge in [-0.1, -0.05) is 18.8 Å². The molecular weight excluding hydrogens is 510 g/mol. The molecule has 0 saturated heterocycles. The molecule has 1 aliphatic rings. The Bertz CT molecular complexity index is 1270. The Morgan fingerprint density at radius 1 is 1.26 bits per heavy atom. The number of rotatable bonds is 7. The molecule has 3 atom stereocenters. The summed E-state index contributed by atoms with van der Waals surface area (Å²) in [7, 11) is 0.778. The minimum absolute atomic E-state index is 0.0164. The number of fused-ring (bicyclic) bond motifs is 1. The summed E-state index contributed by atoms with van der Waals surface area (Å²) in [5.41, 5.74) is 1.17. The smallest absolute Gasteiger partial charge is 0.321 e. The summed E-state index contributed by atoms with van der Waals surface area (Å²) in [6.45, 7) is 3.70. The van der Waals surface area contributed by atoms with Gasteiger partial charge in [-0.25, -0.2) is 13.2 Å². The SMILES string of the molecule is COCC#Cc1ccc2c(c1)O[C@@H](CN(C)C(=O)Nc1ccc(OC)cc1)[C@H](C)CN([C@@H](C)CO)S2(=O)=O. The minimum Gasteiger partial charge on any atom is -0.497 e. The maximum atomic E-state index is 13.6. The second-order valence-corrected chi connectivity index (χ2v) is 11.0. The van der Waals surface area contributed by atoms with E-state index in [0.717, 1.165) is 0 Å². The molecule has 3 rings (SSSR count). The van der Waals surface area contributed by atoms with E-state index in [1.165, 1.54) is 22.4 Å². The number of carbonyl (C=O) groups is 1. The standard InChI is InChI=1S/C27H35N3O7S/c1-19-16-30(20(2)18-31)38(33,34)26-13-8-21(7-6-14-35-4)15-24(26)37-25(19)17-29(3)27(32)28-22-9-11-23(36-5)12-10-22/h8-13,15,19-20,25,31H,14,16-18H2,1-5H3,(H,28,32)/t19-,20+,25+/m1/s1. The monoisotopic (exact) mass is 545 g/mol. The van der Waals surface area contributed by atoms with Crippen LogP contribution in [0.3, 0.4) is 0 Å². The number of nitrogens with zero attached hydrogens (tertiary/aromatic N) is 2. The first-order chi connectivity index (χ1) is 18.1. The van der Waals surface area contributed by atoms with Crippen molar-refractivity contribution in [3.63, 3.8) is 0 Å². The highest BCUT2D eigenvalue weighted by Crippen LogP contribution is 2.34. The van der Waals surface area contributed by atoms with E-state index in [9.17, 15) is 18.3 Å². The van der Waals surface area contributed by atoms with Gasteiger partial charge in [0, 0.05) is 43.9 Å². The van der Waals surface area contributed by atoms with Crippen molar-refractivity contribution in [3.8, 4) is 23.3 Å². The molecule has 0 aromatic heterocycles. The Labute approximate surface area is 224 Å². The van der Waals surface area contributed by atoms with E-state index in [1.807, 2.05) is 6.92 Å². The molecule has 2 aromatic rings. The molecule has 2 N–H and O–H groups in total. The van der Waals surface area contributed by atoms with E-state index < -0.39 is 22.2 Å². The highest BCUT2D eigenvalue weighted by Gasteiger charge is 2.38. The van der Waals surface area contributed by atoms with Crippen LogP contribution in [0.15, 0.2) is 47.4 Å². The number of aliphatic hydroxyl groups excluding tert-OH is 1. The van der Waals surface area contributed by atoms with Gasteiger partial charge in [0.2, 0.25) is 10.0 Å². The number of hydrogen-bond acceptors (Lipinski definition) is 7. The zero-order valence-electron chi connectivity index (χ0n) is 22.3. The Kier molecular flexibility index (Phi) is 9.99. The molecule has 0 radical (unpaired) electrons. The van der Waals surface area contributed by atoms with E-state index in [0.29, 0.717) is 17.0 Å². The number of anilines is 1. The van der Waals surface area contributed by atoms with Crippen LogP contribution in [0.25, 0.3) is 0 Å². The number of sulfonamides is 1. The lowest BCUT2D eigenvalue weighted by Gasteiger charge is -2.37. The number of aliphatic hydroxyl groups is 1. The predicted molar refractivity (Wildman–Crippen MR) is 144 cm³/mol. The largest absolute Gasteiger partial charge is 0.497 e. The molecule has 0 fully saturated rings. The lowest BCUT2D eigenvalue weighted by atomic mass is 10.0. The summed E-state index contributed by atoms with van der Waals surface area (Å²) in [6.07, 6.45) is -0.550. The molecule has 0 spiro atoms. The Hall–Kier alpha value is -3.30. The number of ether oxygens (including phenoxy) is 3. The van der Waals surface area contributed by atoms with Gasteiger partial charge < -0.3 is 29.5 Å². The lowest BCUT2D eigenvalue weighted by molar-refractivity contribution is 0.0830. The minimum atomic E-state index is -3.97. The van der Waals surface area contributed by atoms with Crippen molar-refractivity contribution in [2.24, 2.45) is 5.92 Å². The molecule has 10 nitrogen and oxygen atoms in total. The van der Waals surface area contributed by atoms with Crippen molar-refractivity contribution in [1.29, 1.82) is 0 Å². The van der Waals surface area contributed by atoms with Crippen LogP contribution < -0.4 is 14.8 Å². The zero-order chi connectivity index (χ0) is 27.9. The molecule has 1 heterocycles. The van der Waals surface area contributed by atoms with Gasteiger partial charge in [-0.15, -0.1) is 0 Å². The van der Waals surface area contributed by atoms with Crippen molar-refractivity contribution in [2.45, 2.75) is 30.9 Å². The third kappa shape index (κ3) is 6.96. The number of methoxy groups -OCH3 is 2. The fraction of sp³-hybridized carbons (Fsp3) is 0.444. The topological polar surface area (TPSA) is 118 Å². The van der Waals surface area contributed by atoms with Crippen LogP contribution in [-0.2, 0) is 14.8 Å². The van der Waals surface area contributed by atoms with Gasteiger partial charge >= 0.3 is 6.03 Å². The summed E-state index contributed by atoms with van der Waals surface area (Å²) in [6, 6.07) is 10.6. The quantitative estimate of drug-likeness (QED) is 0.514. The zero-order valence-corrected chi connectivity index (χ0v) is 23.1. The number of benzene rings is 2. The first kappa shape index (κ1) is 29.3. The van der Waals surface area contributed by atoms with Crippen molar-refractivity contribution in [3.05, 3.63) is 48.0 Å². The number of hydrogen-bond donors (Lipinski definition) is 2. The molecular formula is C27H35N3O7S. The fourth-order valence-corrected chi connectivity index (χ4v) is 5.80. The molecule has 206 valence electrons. The number of nitrogens with one attached hydrogen (secondary N) is 1. The van der Waals surface area contributed by atoms with Crippen LogP contribution in [0.4, 0.5) is 10.5 Å². The van der Waals surface area contributed by atoms with Crippen molar-refractivity contribution in [1.82, 2.24) is 9.21 Å². The summed E-state index contributed by atoms with van der Waals surface area (Å²) < 4.78 is 44.9. The second-order valence-electron chi connectivity index (χ2n) is 9.18. The number of likely N-dealkylation sites (N-methyl/N-ethyl adjacent to an activating group) is 1. The fourth-order valence-electron chi connectivity index (χ4n) is 3.98. The molecule has 0 saturated carbocycles. The molecule has 11 heteroatoms. The van der Waals surface area contributed by atoms with Gasteiger partial charge in [0.25, 0.3) is 0 Å². The van der Waals surface area contributed by atoms with E-state index in [1.54, 1.807) is 57.5 Å². The van der Waals surface area contributed by atoms with Gasteiger partial charge in [-0.2, -0.15) is 4.31 Å². The second kappa shape index (κ2) is 13.0. The summed E-state index contributed by atoms with van der Waals surface area (Å²) >= 11 is 0. The highest BCUT2D eigenvalue weighted by molar-refractivity contribution is 7.89. The maximum Gasteiger partial charge on any atom is 0.321 e. The van der Waals surface area contributed by atoms with E-state index >= 15 is 0 Å². The van der Waals surface area contributed by atoms with Crippen molar-refractivity contribution in [2.75, 3.05) is 52.9 Å². The lowest BCUT2D eigenvalue weighted by Crippen LogP contribution is -2.50. The average molecular weight is 546 g/mol. The summed E-state index contributed by atoms with van der Waals surface area (Å²) in [5, 5.41) is 12.6. The van der Waals surface area contributed by atoms with E-state index in [-0.39, 0.29) is 48.9 Å². The molecule has 0 bridgehead atoms. The normalized spacial score (nSPS) is 19.4. The number of amides is 2. The molecule has 0 unspecified atom stereocenters. The van der Waals surface area contributed by atoms with Gasteiger partial charge in [-0.05, 0) is 49.4 Å². The number of carbonyl (C=O) groups excluding carboxylic acids is 1. The van der Waals surface area contributed by atoms with Crippen LogP contribution in [0.5, 0.6) is 11.5 Å². The van der Waals surface area contributed by atoms with Crippen LogP contribution in [0.1, 0.15) is 19.4 Å². The number of urea groups is 1. The van der Waals surface area contributed by atoms with Crippen molar-refractivity contribution >= 4 is 21.7 Å². The summed E-state index contributed by atoms with van der Waals surface area (Å²) in [5.74, 6) is 6.29. The third-order valence-corrected chi connectivity index (χ3v) is 8.28. The maximum absolute atomic E-state index is 13.6. The highest BCUT2D eigenvalue weighted by atomic mass is 32.2. The molecule has 0 aliphatic carbocycles. The van der Waals surface area contributed by atoms with Crippen LogP contribution >= 0.6 is 0 Å². The Morgan fingerprint density at radius 3 is 2.61 bits per heavy atom. The van der Waals surface area contributed by atoms with Crippen LogP contribution in [-0.4, -0.2) is 88.5 Å². The Balaban J connectivity index is 1.91. The van der Waals surface area contributed by atoms with Crippen LogP contribution in [0, 0.1) is 17.8 Å². The molecule has 38 heavy (non-hydrogen) atoms. The predicted octanol–water partition coefficient (Wildman–Crippen LogP) is 2.63. The summed E-state index contributed by atoms with van der Waals surface area (Å²) in [4.78, 5) is 14.4. The van der Waals surface area contributed by atoms with E-state index in [4.69, 9.17) is 14.2 Å². The third-order valence-electron chi connectivity index (χ3n) is 6.26.